The summed E-state index contributed by atoms with van der Waals surface area (Å²) in [5, 5.41) is 10.6. The molecule has 0 saturated carbocycles. The number of anilines is 1. The molecule has 2 rings (SSSR count). The van der Waals surface area contributed by atoms with Crippen molar-refractivity contribution in [2.45, 2.75) is 87.2 Å². The molecule has 5 N–H and O–H groups in total. The van der Waals surface area contributed by atoms with Crippen LogP contribution in [0.5, 0.6) is 0 Å². The van der Waals surface area contributed by atoms with E-state index in [1.165, 1.54) is 6.42 Å². The van der Waals surface area contributed by atoms with E-state index in [1.807, 2.05) is 33.2 Å². The van der Waals surface area contributed by atoms with Crippen molar-refractivity contribution in [2.24, 2.45) is 5.92 Å². The Bertz CT molecular complexity index is 748. The summed E-state index contributed by atoms with van der Waals surface area (Å²) in [4.78, 5) is 19.1. The molecule has 0 aliphatic rings. The van der Waals surface area contributed by atoms with E-state index in [-0.39, 0.29) is 6.04 Å². The van der Waals surface area contributed by atoms with Crippen LogP contribution in [0.15, 0.2) is 0 Å². The molecule has 172 valence electrons. The number of nitrogens with zero attached hydrogens (tertiary/aromatic N) is 3. The van der Waals surface area contributed by atoms with E-state index in [9.17, 15) is 4.79 Å². The van der Waals surface area contributed by atoms with E-state index in [0.717, 1.165) is 59.8 Å². The van der Waals surface area contributed by atoms with E-state index in [1.54, 1.807) is 0 Å². The molecule has 0 fully saturated rings. The smallest absolute Gasteiger partial charge is 0.207 e. The normalized spacial score (nSPS) is 10.5. The highest BCUT2D eigenvalue weighted by Gasteiger charge is 2.14. The third kappa shape index (κ3) is 9.54. The van der Waals surface area contributed by atoms with Gasteiger partial charge in [-0.15, -0.1) is 0 Å². The predicted octanol–water partition coefficient (Wildman–Crippen LogP) is 3.89. The Labute approximate surface area is 181 Å². The molecule has 2 aromatic rings. The zero-order valence-corrected chi connectivity index (χ0v) is 20.0. The molecule has 0 radical (unpaired) electrons. The lowest BCUT2D eigenvalue weighted by molar-refractivity contribution is -0.109. The number of pyridine rings is 1. The minimum Gasteiger partial charge on any atom is -0.382 e. The summed E-state index contributed by atoms with van der Waals surface area (Å²) < 4.78 is 2.19. The van der Waals surface area contributed by atoms with Crippen molar-refractivity contribution in [3.63, 3.8) is 0 Å². The number of carbonyl (C=O) groups is 1. The molecular formula is C22H42N6O2. The molecule has 0 aliphatic heterocycles. The lowest BCUT2D eigenvalue weighted by Gasteiger charge is -2.10. The minimum atomic E-state index is 0.190. The summed E-state index contributed by atoms with van der Waals surface area (Å²) in [6, 6.07) is 0.190. The summed E-state index contributed by atoms with van der Waals surface area (Å²) in [6.45, 7) is 17.9. The van der Waals surface area contributed by atoms with Gasteiger partial charge in [0.25, 0.3) is 0 Å². The maximum atomic E-state index is 10.2. The van der Waals surface area contributed by atoms with Gasteiger partial charge < -0.3 is 20.8 Å². The summed E-state index contributed by atoms with van der Waals surface area (Å²) in [7, 11) is 0. The number of imidazole rings is 1. The first kappa shape index (κ1) is 27.8. The fourth-order valence-electron chi connectivity index (χ4n) is 2.44. The molecule has 0 aliphatic carbocycles. The highest BCUT2D eigenvalue weighted by molar-refractivity contribution is 5.88. The molecule has 0 atom stereocenters. The molecule has 2 aromatic heterocycles. The van der Waals surface area contributed by atoms with Crippen LogP contribution in [-0.2, 0) is 11.3 Å². The fourth-order valence-corrected chi connectivity index (χ4v) is 2.44. The Balaban J connectivity index is 0.000000702. The Morgan fingerprint density at radius 3 is 2.17 bits per heavy atom. The second kappa shape index (κ2) is 14.7. The Hall–Kier alpha value is -2.19. The van der Waals surface area contributed by atoms with Gasteiger partial charge in [-0.1, -0.05) is 27.2 Å². The topological polar surface area (TPSA) is 118 Å². The molecule has 8 heteroatoms. The number of amides is 1. The predicted molar refractivity (Wildman–Crippen MR) is 125 cm³/mol. The van der Waals surface area contributed by atoms with Gasteiger partial charge in [-0.25, -0.2) is 15.4 Å². The van der Waals surface area contributed by atoms with Crippen LogP contribution in [0, 0.1) is 26.7 Å². The molecule has 0 saturated heterocycles. The van der Waals surface area contributed by atoms with Gasteiger partial charge in [0.15, 0.2) is 5.82 Å². The highest BCUT2D eigenvalue weighted by Crippen LogP contribution is 2.26. The SMILES string of the molecule is CC(C)NO.CCC(C)C.Cc1nc(N)c2nc(C)n(CCCCNC=O)c2c1C. The number of hydrogen-bond acceptors (Lipinski definition) is 6. The van der Waals surface area contributed by atoms with Gasteiger partial charge in [0, 0.05) is 24.8 Å². The van der Waals surface area contributed by atoms with E-state index >= 15 is 0 Å². The first-order valence-corrected chi connectivity index (χ1v) is 10.8. The lowest BCUT2D eigenvalue weighted by Crippen LogP contribution is -2.16. The molecule has 0 bridgehead atoms. The Kier molecular flexibility index (Phi) is 13.7. The summed E-state index contributed by atoms with van der Waals surface area (Å²) in [5.74, 6) is 2.33. The lowest BCUT2D eigenvalue weighted by atomic mass is 10.2. The van der Waals surface area contributed by atoms with E-state index in [0.29, 0.717) is 12.4 Å². The van der Waals surface area contributed by atoms with Crippen molar-refractivity contribution >= 4 is 23.3 Å². The van der Waals surface area contributed by atoms with Crippen LogP contribution in [0.4, 0.5) is 5.82 Å². The quantitative estimate of drug-likeness (QED) is 0.291. The van der Waals surface area contributed by atoms with E-state index in [4.69, 9.17) is 10.9 Å². The number of fused-ring (bicyclic) bond motifs is 1. The largest absolute Gasteiger partial charge is 0.382 e. The molecule has 30 heavy (non-hydrogen) atoms. The number of carbonyl (C=O) groups excluding carboxylic acids is 1. The van der Waals surface area contributed by atoms with E-state index in [2.05, 4.69) is 47.5 Å². The molecule has 8 nitrogen and oxygen atoms in total. The number of hydroxylamine groups is 1. The summed E-state index contributed by atoms with van der Waals surface area (Å²) in [6.07, 6.45) is 3.96. The van der Waals surface area contributed by atoms with E-state index < -0.39 is 0 Å². The van der Waals surface area contributed by atoms with Crippen LogP contribution in [0.3, 0.4) is 0 Å². The second-order valence-corrected chi connectivity index (χ2v) is 8.08. The van der Waals surface area contributed by atoms with Crippen LogP contribution in [0.1, 0.15) is 71.0 Å². The maximum Gasteiger partial charge on any atom is 0.207 e. The first-order valence-electron chi connectivity index (χ1n) is 10.8. The maximum absolute atomic E-state index is 10.2. The number of unbranched alkanes of at least 4 members (excludes halogenated alkanes) is 1. The van der Waals surface area contributed by atoms with Gasteiger partial charge in [0.05, 0.1) is 5.52 Å². The minimum absolute atomic E-state index is 0.190. The van der Waals surface area contributed by atoms with Crippen molar-refractivity contribution in [2.75, 3.05) is 12.3 Å². The van der Waals surface area contributed by atoms with Crippen molar-refractivity contribution < 1.29 is 10.0 Å². The third-order valence-electron chi connectivity index (χ3n) is 4.70. The van der Waals surface area contributed by atoms with Gasteiger partial charge in [0.2, 0.25) is 6.41 Å². The zero-order chi connectivity index (χ0) is 23.3. The fraction of sp³-hybridized carbons (Fsp3) is 0.682. The standard InChI is InChI=1S/C14H21N5O.C5H12.C3H9NO/c1-9-10(2)17-14(15)12-13(9)19(11(3)18-12)7-5-4-6-16-8-20;1-4-5(2)3;1-3(2)4-5/h8H,4-7H2,1-3H3,(H2,15,17)(H,16,20);5H,4H2,1-3H3;3-5H,1-2H3. The molecule has 2 heterocycles. The highest BCUT2D eigenvalue weighted by atomic mass is 16.5. The van der Waals surface area contributed by atoms with Crippen LogP contribution in [0.25, 0.3) is 11.0 Å². The monoisotopic (exact) mass is 422 g/mol. The second-order valence-electron chi connectivity index (χ2n) is 8.08. The van der Waals surface area contributed by atoms with Crippen LogP contribution in [-0.4, -0.2) is 38.7 Å². The summed E-state index contributed by atoms with van der Waals surface area (Å²) >= 11 is 0. The van der Waals surface area contributed by atoms with Crippen LogP contribution < -0.4 is 16.5 Å². The number of nitrogen functional groups attached to an aromatic ring is 1. The molecule has 0 unspecified atom stereocenters. The number of hydrogen-bond donors (Lipinski definition) is 4. The number of aromatic nitrogens is 3. The van der Waals surface area contributed by atoms with Crippen LogP contribution >= 0.6 is 0 Å². The number of rotatable bonds is 8. The van der Waals surface area contributed by atoms with Gasteiger partial charge >= 0.3 is 0 Å². The Morgan fingerprint density at radius 1 is 1.13 bits per heavy atom. The van der Waals surface area contributed by atoms with Gasteiger partial charge in [-0.2, -0.15) is 0 Å². The zero-order valence-electron chi connectivity index (χ0n) is 20.0. The molecular weight excluding hydrogens is 380 g/mol. The molecule has 1 amide bonds. The molecule has 0 aromatic carbocycles. The Morgan fingerprint density at radius 2 is 1.70 bits per heavy atom. The third-order valence-corrected chi connectivity index (χ3v) is 4.70. The van der Waals surface area contributed by atoms with Gasteiger partial charge in [-0.3, -0.25) is 4.79 Å². The molecule has 0 spiro atoms. The van der Waals surface area contributed by atoms with Crippen molar-refractivity contribution in [3.8, 4) is 0 Å². The number of aryl methyl sites for hydroxylation is 4. The number of nitrogens with two attached hydrogens (primary N) is 1. The van der Waals surface area contributed by atoms with Crippen molar-refractivity contribution in [1.29, 1.82) is 0 Å². The first-order chi connectivity index (χ1) is 14.1. The van der Waals surface area contributed by atoms with Crippen molar-refractivity contribution in [3.05, 3.63) is 17.1 Å². The number of nitrogens with one attached hydrogen (secondary N) is 2. The van der Waals surface area contributed by atoms with Gasteiger partial charge in [0.1, 0.15) is 11.3 Å². The summed E-state index contributed by atoms with van der Waals surface area (Å²) in [5.41, 5.74) is 11.9. The van der Waals surface area contributed by atoms with Gasteiger partial charge in [-0.05, 0) is 58.9 Å². The average molecular weight is 423 g/mol. The van der Waals surface area contributed by atoms with Crippen LogP contribution in [0.2, 0.25) is 0 Å². The average Bonchev–Trinajstić information content (AvgIpc) is 3.04. The van der Waals surface area contributed by atoms with Crippen molar-refractivity contribution in [1.82, 2.24) is 25.3 Å².